The first-order valence-electron chi connectivity index (χ1n) is 8.65. The van der Waals surface area contributed by atoms with Gasteiger partial charge < -0.3 is 4.90 Å². The molecule has 0 atom stereocenters. The van der Waals surface area contributed by atoms with Gasteiger partial charge in [-0.05, 0) is 49.6 Å². The molecule has 0 saturated heterocycles. The molecule has 1 heterocycles. The number of carbonyl (C=O) groups is 1. The Bertz CT molecular complexity index is 894. The molecule has 0 radical (unpaired) electrons. The summed E-state index contributed by atoms with van der Waals surface area (Å²) in [7, 11) is -1.86. The Morgan fingerprint density at radius 2 is 2.04 bits per heavy atom. The van der Waals surface area contributed by atoms with Gasteiger partial charge in [0.05, 0.1) is 4.90 Å². The van der Waals surface area contributed by atoms with Crippen LogP contribution in [0.1, 0.15) is 34.5 Å². The van der Waals surface area contributed by atoms with Crippen molar-refractivity contribution in [3.63, 3.8) is 0 Å². The number of nitrogens with one attached hydrogen (secondary N) is 1. The first kappa shape index (κ1) is 18.5. The fourth-order valence-corrected chi connectivity index (χ4v) is 3.95. The number of carbonyl (C=O) groups excluding carboxylic acids is 1. The summed E-state index contributed by atoms with van der Waals surface area (Å²) < 4.78 is 27.5. The van der Waals surface area contributed by atoms with Crippen molar-refractivity contribution in [1.82, 2.24) is 14.6 Å². The van der Waals surface area contributed by atoms with Gasteiger partial charge >= 0.3 is 0 Å². The van der Waals surface area contributed by atoms with E-state index in [0.717, 1.165) is 24.1 Å². The van der Waals surface area contributed by atoms with Gasteiger partial charge in [0.25, 0.3) is 5.91 Å². The smallest absolute Gasteiger partial charge is 0.253 e. The average molecular weight is 373 g/mol. The van der Waals surface area contributed by atoms with Crippen LogP contribution in [0.5, 0.6) is 0 Å². The van der Waals surface area contributed by atoms with Gasteiger partial charge in [-0.1, -0.05) is 12.1 Å². The molecule has 2 aromatic rings. The second-order valence-electron chi connectivity index (χ2n) is 6.67. The van der Waals surface area contributed by atoms with E-state index in [4.69, 9.17) is 0 Å². The average Bonchev–Trinajstić information content (AvgIpc) is 3.43. The van der Waals surface area contributed by atoms with Crippen molar-refractivity contribution in [2.75, 3.05) is 13.6 Å². The predicted octanol–water partition coefficient (Wildman–Crippen LogP) is 2.15. The number of amides is 1. The molecule has 3 rings (SSSR count). The molecule has 1 aliphatic carbocycles. The van der Waals surface area contributed by atoms with Crippen molar-refractivity contribution in [3.05, 3.63) is 59.4 Å². The standard InChI is InChI=1S/C19H23N3O3S/c1-14-6-9-17(26(24,25)21-16-7-8-16)13-18(14)19(23)22(2)12-10-15-5-3-4-11-20-15/h3-6,9,11,13,16,21H,7-8,10,12H2,1-2H3. The lowest BCUT2D eigenvalue weighted by Crippen LogP contribution is -2.30. The Balaban J connectivity index is 1.74. The van der Waals surface area contributed by atoms with E-state index >= 15 is 0 Å². The van der Waals surface area contributed by atoms with E-state index in [1.54, 1.807) is 30.3 Å². The summed E-state index contributed by atoms with van der Waals surface area (Å²) in [5, 5.41) is 0. The lowest BCUT2D eigenvalue weighted by atomic mass is 10.1. The minimum atomic E-state index is -3.58. The molecule has 1 aliphatic rings. The Morgan fingerprint density at radius 1 is 1.27 bits per heavy atom. The van der Waals surface area contributed by atoms with Crippen LogP contribution < -0.4 is 4.72 Å². The van der Waals surface area contributed by atoms with Crippen LogP contribution in [-0.4, -0.2) is 43.8 Å². The van der Waals surface area contributed by atoms with E-state index in [9.17, 15) is 13.2 Å². The van der Waals surface area contributed by atoms with Gasteiger partial charge in [-0.2, -0.15) is 0 Å². The number of aryl methyl sites for hydroxylation is 1. The highest BCUT2D eigenvalue weighted by Crippen LogP contribution is 2.23. The maximum Gasteiger partial charge on any atom is 0.253 e. The molecule has 1 fully saturated rings. The van der Waals surface area contributed by atoms with Crippen LogP contribution in [0.15, 0.2) is 47.5 Å². The van der Waals surface area contributed by atoms with Crippen molar-refractivity contribution in [1.29, 1.82) is 0 Å². The molecule has 1 aromatic carbocycles. The van der Waals surface area contributed by atoms with Gasteiger partial charge in [0.2, 0.25) is 10.0 Å². The molecule has 1 aromatic heterocycles. The summed E-state index contributed by atoms with van der Waals surface area (Å²) in [5.74, 6) is -0.193. The van der Waals surface area contributed by atoms with Crippen LogP contribution in [-0.2, 0) is 16.4 Å². The molecule has 0 spiro atoms. The van der Waals surface area contributed by atoms with Gasteiger partial charge in [0.1, 0.15) is 0 Å². The third-order valence-electron chi connectivity index (χ3n) is 4.43. The summed E-state index contributed by atoms with van der Waals surface area (Å²) in [6.45, 7) is 2.32. The fourth-order valence-electron chi connectivity index (χ4n) is 2.62. The number of rotatable bonds is 7. The fraction of sp³-hybridized carbons (Fsp3) is 0.368. The molecule has 1 amide bonds. The van der Waals surface area contributed by atoms with Crippen LogP contribution in [0.3, 0.4) is 0 Å². The van der Waals surface area contributed by atoms with Crippen LogP contribution >= 0.6 is 0 Å². The second kappa shape index (κ2) is 7.55. The van der Waals surface area contributed by atoms with Crippen LogP contribution in [0.2, 0.25) is 0 Å². The number of hydrogen-bond donors (Lipinski definition) is 1. The minimum Gasteiger partial charge on any atom is -0.341 e. The topological polar surface area (TPSA) is 79.4 Å². The summed E-state index contributed by atoms with van der Waals surface area (Å²) in [6, 6.07) is 10.4. The summed E-state index contributed by atoms with van der Waals surface area (Å²) >= 11 is 0. The van der Waals surface area contributed by atoms with E-state index in [2.05, 4.69) is 9.71 Å². The summed E-state index contributed by atoms with van der Waals surface area (Å²) in [5.41, 5.74) is 2.08. The lowest BCUT2D eigenvalue weighted by molar-refractivity contribution is 0.0795. The lowest BCUT2D eigenvalue weighted by Gasteiger charge is -2.19. The normalized spacial score (nSPS) is 14.2. The summed E-state index contributed by atoms with van der Waals surface area (Å²) in [4.78, 5) is 18.8. The maximum atomic E-state index is 12.8. The summed E-state index contributed by atoms with van der Waals surface area (Å²) in [6.07, 6.45) is 4.10. The van der Waals surface area contributed by atoms with Crippen LogP contribution in [0.25, 0.3) is 0 Å². The molecule has 1 N–H and O–H groups in total. The Morgan fingerprint density at radius 3 is 2.69 bits per heavy atom. The van der Waals surface area contributed by atoms with Gasteiger partial charge in [-0.3, -0.25) is 9.78 Å². The largest absolute Gasteiger partial charge is 0.341 e. The number of pyridine rings is 1. The van der Waals surface area contributed by atoms with Gasteiger partial charge in [0.15, 0.2) is 0 Å². The van der Waals surface area contributed by atoms with E-state index in [-0.39, 0.29) is 16.8 Å². The molecular formula is C19H23N3O3S. The Labute approximate surface area is 154 Å². The molecule has 0 aliphatic heterocycles. The first-order chi connectivity index (χ1) is 12.4. The number of sulfonamides is 1. The van der Waals surface area contributed by atoms with E-state index in [1.165, 1.54) is 6.07 Å². The van der Waals surface area contributed by atoms with Crippen molar-refractivity contribution in [2.24, 2.45) is 0 Å². The second-order valence-corrected chi connectivity index (χ2v) is 8.38. The molecule has 138 valence electrons. The molecule has 0 bridgehead atoms. The number of hydrogen-bond acceptors (Lipinski definition) is 4. The third kappa shape index (κ3) is 4.47. The predicted molar refractivity (Wildman–Crippen MR) is 99.4 cm³/mol. The van der Waals surface area contributed by atoms with E-state index in [0.29, 0.717) is 18.5 Å². The molecule has 1 saturated carbocycles. The molecular weight excluding hydrogens is 350 g/mol. The zero-order valence-corrected chi connectivity index (χ0v) is 15.8. The number of benzene rings is 1. The SMILES string of the molecule is Cc1ccc(S(=O)(=O)NC2CC2)cc1C(=O)N(C)CCc1ccccn1. The molecule has 26 heavy (non-hydrogen) atoms. The van der Waals surface area contributed by atoms with Gasteiger partial charge in [-0.25, -0.2) is 13.1 Å². The zero-order chi connectivity index (χ0) is 18.7. The van der Waals surface area contributed by atoms with Gasteiger partial charge in [0, 0.05) is 43.5 Å². The highest BCUT2D eigenvalue weighted by atomic mass is 32.2. The zero-order valence-electron chi connectivity index (χ0n) is 15.0. The van der Waals surface area contributed by atoms with Crippen molar-refractivity contribution in [3.8, 4) is 0 Å². The third-order valence-corrected chi connectivity index (χ3v) is 5.94. The van der Waals surface area contributed by atoms with Crippen molar-refractivity contribution >= 4 is 15.9 Å². The van der Waals surface area contributed by atoms with E-state index in [1.807, 2.05) is 25.1 Å². The maximum absolute atomic E-state index is 12.8. The highest BCUT2D eigenvalue weighted by Gasteiger charge is 2.28. The quantitative estimate of drug-likeness (QED) is 0.806. The molecule has 6 nitrogen and oxygen atoms in total. The monoisotopic (exact) mass is 373 g/mol. The van der Waals surface area contributed by atoms with Crippen molar-refractivity contribution < 1.29 is 13.2 Å². The highest BCUT2D eigenvalue weighted by molar-refractivity contribution is 7.89. The van der Waals surface area contributed by atoms with Gasteiger partial charge in [-0.15, -0.1) is 0 Å². The first-order valence-corrected chi connectivity index (χ1v) is 10.1. The number of likely N-dealkylation sites (N-methyl/N-ethyl adjacent to an activating group) is 1. The van der Waals surface area contributed by atoms with Crippen LogP contribution in [0, 0.1) is 6.92 Å². The van der Waals surface area contributed by atoms with Crippen LogP contribution in [0.4, 0.5) is 0 Å². The molecule has 7 heteroatoms. The number of nitrogens with zero attached hydrogens (tertiary/aromatic N) is 2. The minimum absolute atomic E-state index is 0.0292. The Hall–Kier alpha value is -2.25. The Kier molecular flexibility index (Phi) is 5.38. The van der Waals surface area contributed by atoms with Crippen molar-refractivity contribution in [2.45, 2.75) is 37.1 Å². The molecule has 0 unspecified atom stereocenters. The number of aromatic nitrogens is 1. The van der Waals surface area contributed by atoms with E-state index < -0.39 is 10.0 Å².